The van der Waals surface area contributed by atoms with Gasteiger partial charge in [-0.3, -0.25) is 4.79 Å². The molecule has 33 heavy (non-hydrogen) atoms. The van der Waals surface area contributed by atoms with Crippen LogP contribution in [0.4, 0.5) is 5.69 Å². The van der Waals surface area contributed by atoms with Gasteiger partial charge in [-0.1, -0.05) is 41.9 Å². The number of hydrogen-bond acceptors (Lipinski definition) is 4. The molecule has 0 aliphatic carbocycles. The van der Waals surface area contributed by atoms with E-state index in [9.17, 15) is 9.59 Å². The Kier molecular flexibility index (Phi) is 7.04. The number of nitrogens with zero attached hydrogens (tertiary/aromatic N) is 3. The van der Waals surface area contributed by atoms with Crippen LogP contribution < -0.4 is 4.90 Å². The zero-order chi connectivity index (χ0) is 23.4. The van der Waals surface area contributed by atoms with Crippen molar-refractivity contribution in [3.63, 3.8) is 0 Å². The molecule has 1 aromatic heterocycles. The van der Waals surface area contributed by atoms with E-state index in [4.69, 9.17) is 16.3 Å². The number of carbonyl (C=O) groups is 2. The summed E-state index contributed by atoms with van der Waals surface area (Å²) in [4.78, 5) is 29.9. The molecule has 0 unspecified atom stereocenters. The molecule has 4 rings (SSSR count). The van der Waals surface area contributed by atoms with Gasteiger partial charge in [-0.05, 0) is 49.7 Å². The molecule has 1 fully saturated rings. The minimum Gasteiger partial charge on any atom is -0.462 e. The molecule has 1 amide bonds. The molecule has 0 saturated carbocycles. The van der Waals surface area contributed by atoms with Gasteiger partial charge in [-0.15, -0.1) is 0 Å². The average Bonchev–Trinajstić information content (AvgIpc) is 3.16. The van der Waals surface area contributed by atoms with Crippen molar-refractivity contribution in [3.05, 3.63) is 76.9 Å². The molecule has 172 valence electrons. The Hall–Kier alpha value is -3.25. The summed E-state index contributed by atoms with van der Waals surface area (Å²) in [5, 5.41) is 0.714. The number of aromatic nitrogens is 1. The van der Waals surface area contributed by atoms with Crippen LogP contribution in [-0.4, -0.2) is 54.1 Å². The molecule has 3 aromatic rings. The van der Waals surface area contributed by atoms with Crippen molar-refractivity contribution < 1.29 is 14.3 Å². The fourth-order valence-electron chi connectivity index (χ4n) is 4.21. The lowest BCUT2D eigenvalue weighted by molar-refractivity contribution is -0.132. The SMILES string of the molecule is CCOC(=O)c1cc(-c2ccccc2)n(CC(=O)N2CCN(c3ccc(Cl)cc3)CC2)c1C. The molecule has 2 heterocycles. The molecule has 1 saturated heterocycles. The fraction of sp³-hybridized carbons (Fsp3) is 0.308. The molecular weight excluding hydrogens is 438 g/mol. The quantitative estimate of drug-likeness (QED) is 0.497. The Morgan fingerprint density at radius 1 is 0.970 bits per heavy atom. The van der Waals surface area contributed by atoms with Crippen molar-refractivity contribution in [2.75, 3.05) is 37.7 Å². The Labute approximate surface area is 199 Å². The van der Waals surface area contributed by atoms with Gasteiger partial charge < -0.3 is 19.1 Å². The van der Waals surface area contributed by atoms with Gasteiger partial charge in [0.25, 0.3) is 0 Å². The zero-order valence-electron chi connectivity index (χ0n) is 19.0. The predicted octanol–water partition coefficient (Wildman–Crippen LogP) is 4.64. The van der Waals surface area contributed by atoms with Crippen molar-refractivity contribution in [1.82, 2.24) is 9.47 Å². The summed E-state index contributed by atoms with van der Waals surface area (Å²) in [6.07, 6.45) is 0. The van der Waals surface area contributed by atoms with Crippen LogP contribution in [0.5, 0.6) is 0 Å². The normalized spacial score (nSPS) is 13.8. The monoisotopic (exact) mass is 465 g/mol. The first-order valence-electron chi connectivity index (χ1n) is 11.2. The van der Waals surface area contributed by atoms with E-state index in [1.165, 1.54) is 0 Å². The zero-order valence-corrected chi connectivity index (χ0v) is 19.7. The van der Waals surface area contributed by atoms with Crippen molar-refractivity contribution in [2.24, 2.45) is 0 Å². The van der Waals surface area contributed by atoms with Crippen LogP contribution in [0, 0.1) is 6.92 Å². The van der Waals surface area contributed by atoms with Crippen LogP contribution in [0.1, 0.15) is 23.0 Å². The van der Waals surface area contributed by atoms with Gasteiger partial charge in [0.15, 0.2) is 0 Å². The van der Waals surface area contributed by atoms with Crippen LogP contribution in [0.2, 0.25) is 5.02 Å². The van der Waals surface area contributed by atoms with Crippen molar-refractivity contribution >= 4 is 29.2 Å². The molecule has 2 aromatic carbocycles. The molecule has 1 aliphatic heterocycles. The standard InChI is InChI=1S/C26H28ClN3O3/c1-3-33-26(32)23-17-24(20-7-5-4-6-8-20)30(19(23)2)18-25(31)29-15-13-28(14-16-29)22-11-9-21(27)10-12-22/h4-12,17H,3,13-16,18H2,1-2H3. The number of carbonyl (C=O) groups excluding carboxylic acids is 2. The summed E-state index contributed by atoms with van der Waals surface area (Å²) < 4.78 is 7.16. The van der Waals surface area contributed by atoms with Crippen LogP contribution in [-0.2, 0) is 16.1 Å². The van der Waals surface area contributed by atoms with Crippen LogP contribution in [0.3, 0.4) is 0 Å². The van der Waals surface area contributed by atoms with E-state index in [1.807, 2.05) is 77.1 Å². The van der Waals surface area contributed by atoms with Gasteiger partial charge in [0, 0.05) is 48.3 Å². The van der Waals surface area contributed by atoms with E-state index in [-0.39, 0.29) is 18.4 Å². The Morgan fingerprint density at radius 3 is 2.27 bits per heavy atom. The lowest BCUT2D eigenvalue weighted by atomic mass is 10.1. The molecule has 6 nitrogen and oxygen atoms in total. The number of piperazine rings is 1. The third-order valence-electron chi connectivity index (χ3n) is 6.05. The molecule has 7 heteroatoms. The molecule has 0 bridgehead atoms. The lowest BCUT2D eigenvalue weighted by Crippen LogP contribution is -2.49. The highest BCUT2D eigenvalue weighted by atomic mass is 35.5. The van der Waals surface area contributed by atoms with E-state index in [2.05, 4.69) is 4.90 Å². The fourth-order valence-corrected chi connectivity index (χ4v) is 4.34. The van der Waals surface area contributed by atoms with Crippen molar-refractivity contribution in [2.45, 2.75) is 20.4 Å². The van der Waals surface area contributed by atoms with E-state index in [0.29, 0.717) is 30.3 Å². The highest BCUT2D eigenvalue weighted by Gasteiger charge is 2.25. The summed E-state index contributed by atoms with van der Waals surface area (Å²) >= 11 is 6.00. The minimum atomic E-state index is -0.366. The number of esters is 1. The van der Waals surface area contributed by atoms with Gasteiger partial charge in [0.05, 0.1) is 12.2 Å². The molecule has 0 radical (unpaired) electrons. The maximum absolute atomic E-state index is 13.2. The second-order valence-corrected chi connectivity index (χ2v) is 8.48. The highest BCUT2D eigenvalue weighted by molar-refractivity contribution is 6.30. The van der Waals surface area contributed by atoms with E-state index < -0.39 is 0 Å². The molecular formula is C26H28ClN3O3. The maximum Gasteiger partial charge on any atom is 0.339 e. The van der Waals surface area contributed by atoms with Gasteiger partial charge in [0.2, 0.25) is 5.91 Å². The largest absolute Gasteiger partial charge is 0.462 e. The summed E-state index contributed by atoms with van der Waals surface area (Å²) in [6.45, 7) is 6.95. The number of halogens is 1. The van der Waals surface area contributed by atoms with E-state index >= 15 is 0 Å². The highest BCUT2D eigenvalue weighted by Crippen LogP contribution is 2.27. The molecule has 0 N–H and O–H groups in total. The second-order valence-electron chi connectivity index (χ2n) is 8.05. The second kappa shape index (κ2) is 10.1. The van der Waals surface area contributed by atoms with Crippen LogP contribution >= 0.6 is 11.6 Å². The van der Waals surface area contributed by atoms with Gasteiger partial charge in [-0.25, -0.2) is 4.79 Å². The summed E-state index contributed by atoms with van der Waals surface area (Å²) in [5.74, 6) is -0.327. The summed E-state index contributed by atoms with van der Waals surface area (Å²) in [7, 11) is 0. The maximum atomic E-state index is 13.2. The summed E-state index contributed by atoms with van der Waals surface area (Å²) in [6, 6.07) is 19.4. The third-order valence-corrected chi connectivity index (χ3v) is 6.30. The number of anilines is 1. The number of benzene rings is 2. The Morgan fingerprint density at radius 2 is 1.64 bits per heavy atom. The van der Waals surface area contributed by atoms with Gasteiger partial charge in [0.1, 0.15) is 6.54 Å². The smallest absolute Gasteiger partial charge is 0.339 e. The third kappa shape index (κ3) is 5.06. The Bertz CT molecular complexity index is 1120. The number of amides is 1. The number of ether oxygens (including phenoxy) is 1. The number of hydrogen-bond donors (Lipinski definition) is 0. The molecule has 1 aliphatic rings. The number of rotatable bonds is 6. The first-order valence-corrected chi connectivity index (χ1v) is 11.6. The first-order chi connectivity index (χ1) is 16.0. The van der Waals surface area contributed by atoms with E-state index in [1.54, 1.807) is 6.92 Å². The van der Waals surface area contributed by atoms with Crippen LogP contribution in [0.25, 0.3) is 11.3 Å². The first kappa shape index (κ1) is 22.9. The van der Waals surface area contributed by atoms with Gasteiger partial charge >= 0.3 is 5.97 Å². The average molecular weight is 466 g/mol. The molecule has 0 spiro atoms. The Balaban J connectivity index is 1.51. The lowest BCUT2D eigenvalue weighted by Gasteiger charge is -2.36. The van der Waals surface area contributed by atoms with E-state index in [0.717, 1.165) is 35.7 Å². The topological polar surface area (TPSA) is 54.8 Å². The van der Waals surface area contributed by atoms with Gasteiger partial charge in [-0.2, -0.15) is 0 Å². The minimum absolute atomic E-state index is 0.0389. The van der Waals surface area contributed by atoms with Crippen LogP contribution in [0.15, 0.2) is 60.7 Å². The molecule has 0 atom stereocenters. The van der Waals surface area contributed by atoms with Crippen molar-refractivity contribution in [1.29, 1.82) is 0 Å². The van der Waals surface area contributed by atoms with Crippen molar-refractivity contribution in [3.8, 4) is 11.3 Å². The summed E-state index contributed by atoms with van der Waals surface area (Å²) in [5.41, 5.74) is 4.13. The predicted molar refractivity (Wildman–Crippen MR) is 131 cm³/mol.